The van der Waals surface area contributed by atoms with E-state index in [0.717, 1.165) is 17.0 Å². The van der Waals surface area contributed by atoms with Crippen molar-refractivity contribution < 1.29 is 13.9 Å². The number of nitrogens with zero attached hydrogens (tertiary/aromatic N) is 2. The number of hydrogen-bond acceptors (Lipinski definition) is 6. The molecule has 0 amide bonds. The fraction of sp³-hybridized carbons (Fsp3) is 0.263. The number of aromatic nitrogens is 2. The lowest BCUT2D eigenvalue weighted by Gasteiger charge is -2.12. The molecule has 1 aromatic heterocycles. The quantitative estimate of drug-likeness (QED) is 0.627. The SMILES string of the molecule is COCCOc1ccc(N[C@@H](C)c2nnc(-c3ccccc3)o2)cc1. The third kappa shape index (κ3) is 4.58. The van der Waals surface area contributed by atoms with Gasteiger partial charge >= 0.3 is 0 Å². The number of ether oxygens (including phenoxy) is 2. The first-order valence-electron chi connectivity index (χ1n) is 8.13. The Labute approximate surface area is 146 Å². The number of benzene rings is 2. The zero-order chi connectivity index (χ0) is 17.5. The highest BCUT2D eigenvalue weighted by Gasteiger charge is 2.14. The normalized spacial score (nSPS) is 11.9. The van der Waals surface area contributed by atoms with Gasteiger partial charge in [-0.05, 0) is 43.3 Å². The summed E-state index contributed by atoms with van der Waals surface area (Å²) >= 11 is 0. The maximum absolute atomic E-state index is 5.77. The molecule has 1 heterocycles. The number of rotatable bonds is 8. The Morgan fingerprint density at radius 2 is 1.76 bits per heavy atom. The Hall–Kier alpha value is -2.86. The molecule has 0 saturated heterocycles. The first-order chi connectivity index (χ1) is 12.3. The molecule has 6 nitrogen and oxygen atoms in total. The Morgan fingerprint density at radius 3 is 2.48 bits per heavy atom. The van der Waals surface area contributed by atoms with Crippen LogP contribution in [-0.4, -0.2) is 30.5 Å². The van der Waals surface area contributed by atoms with Crippen molar-refractivity contribution in [3.8, 4) is 17.2 Å². The van der Waals surface area contributed by atoms with Crippen LogP contribution >= 0.6 is 0 Å². The van der Waals surface area contributed by atoms with E-state index in [1.807, 2.05) is 61.5 Å². The van der Waals surface area contributed by atoms with E-state index < -0.39 is 0 Å². The lowest BCUT2D eigenvalue weighted by Crippen LogP contribution is -2.07. The molecule has 25 heavy (non-hydrogen) atoms. The van der Waals surface area contributed by atoms with Crippen LogP contribution in [0.25, 0.3) is 11.5 Å². The number of nitrogens with one attached hydrogen (secondary N) is 1. The molecule has 1 atom stereocenters. The molecular formula is C19H21N3O3. The second-order valence-electron chi connectivity index (χ2n) is 5.54. The predicted molar refractivity (Wildman–Crippen MR) is 95.6 cm³/mol. The van der Waals surface area contributed by atoms with E-state index in [1.54, 1.807) is 7.11 Å². The molecule has 0 fully saturated rings. The van der Waals surface area contributed by atoms with Crippen molar-refractivity contribution in [3.63, 3.8) is 0 Å². The molecule has 0 spiro atoms. The molecule has 3 aromatic rings. The Morgan fingerprint density at radius 1 is 1.00 bits per heavy atom. The van der Waals surface area contributed by atoms with Gasteiger partial charge in [0.25, 0.3) is 0 Å². The fourth-order valence-corrected chi connectivity index (χ4v) is 2.31. The molecule has 2 aromatic carbocycles. The lowest BCUT2D eigenvalue weighted by molar-refractivity contribution is 0.146. The summed E-state index contributed by atoms with van der Waals surface area (Å²) < 4.78 is 16.3. The summed E-state index contributed by atoms with van der Waals surface area (Å²) in [5.41, 5.74) is 1.86. The van der Waals surface area contributed by atoms with Crippen molar-refractivity contribution in [2.24, 2.45) is 0 Å². The van der Waals surface area contributed by atoms with Crippen molar-refractivity contribution >= 4 is 5.69 Å². The summed E-state index contributed by atoms with van der Waals surface area (Å²) in [6.07, 6.45) is 0. The molecule has 0 aliphatic rings. The predicted octanol–water partition coefficient (Wildman–Crippen LogP) is 3.93. The molecule has 3 rings (SSSR count). The summed E-state index contributed by atoms with van der Waals surface area (Å²) in [6, 6.07) is 17.3. The summed E-state index contributed by atoms with van der Waals surface area (Å²) in [4.78, 5) is 0. The van der Waals surface area contributed by atoms with Gasteiger partial charge in [0, 0.05) is 18.4 Å². The van der Waals surface area contributed by atoms with Gasteiger partial charge in [0.15, 0.2) is 0 Å². The third-order valence-electron chi connectivity index (χ3n) is 3.63. The highest BCUT2D eigenvalue weighted by atomic mass is 16.5. The molecule has 0 aliphatic heterocycles. The van der Waals surface area contributed by atoms with Crippen LogP contribution in [0.5, 0.6) is 5.75 Å². The minimum absolute atomic E-state index is 0.106. The average Bonchev–Trinajstić information content (AvgIpc) is 3.14. The molecule has 0 saturated carbocycles. The van der Waals surface area contributed by atoms with Gasteiger partial charge in [0.05, 0.1) is 6.61 Å². The van der Waals surface area contributed by atoms with E-state index in [9.17, 15) is 0 Å². The smallest absolute Gasteiger partial charge is 0.247 e. The van der Waals surface area contributed by atoms with E-state index in [4.69, 9.17) is 13.9 Å². The molecule has 0 unspecified atom stereocenters. The average molecular weight is 339 g/mol. The van der Waals surface area contributed by atoms with Crippen molar-refractivity contribution in [2.45, 2.75) is 13.0 Å². The maximum atomic E-state index is 5.77. The number of anilines is 1. The van der Waals surface area contributed by atoms with E-state index in [0.29, 0.717) is 25.0 Å². The van der Waals surface area contributed by atoms with Gasteiger partial charge < -0.3 is 19.2 Å². The van der Waals surface area contributed by atoms with Gasteiger partial charge in [-0.2, -0.15) is 0 Å². The number of methoxy groups -OCH3 is 1. The van der Waals surface area contributed by atoms with Crippen molar-refractivity contribution in [3.05, 3.63) is 60.5 Å². The molecule has 1 N–H and O–H groups in total. The molecule has 0 bridgehead atoms. The fourth-order valence-electron chi connectivity index (χ4n) is 2.31. The van der Waals surface area contributed by atoms with Gasteiger partial charge in [-0.3, -0.25) is 0 Å². The summed E-state index contributed by atoms with van der Waals surface area (Å²) in [7, 11) is 1.65. The first-order valence-corrected chi connectivity index (χ1v) is 8.13. The summed E-state index contributed by atoms with van der Waals surface area (Å²) in [6.45, 7) is 3.08. The first kappa shape index (κ1) is 17.0. The van der Waals surface area contributed by atoms with Crippen molar-refractivity contribution in [1.29, 1.82) is 0 Å². The van der Waals surface area contributed by atoms with Gasteiger partial charge in [0.2, 0.25) is 11.8 Å². The van der Waals surface area contributed by atoms with Gasteiger partial charge in [-0.25, -0.2) is 0 Å². The van der Waals surface area contributed by atoms with Crippen LogP contribution in [0.4, 0.5) is 5.69 Å². The monoisotopic (exact) mass is 339 g/mol. The van der Waals surface area contributed by atoms with E-state index in [2.05, 4.69) is 15.5 Å². The molecule has 0 aliphatic carbocycles. The maximum Gasteiger partial charge on any atom is 0.247 e. The van der Waals surface area contributed by atoms with Gasteiger partial charge in [-0.1, -0.05) is 18.2 Å². The Bertz CT molecular complexity index is 772. The summed E-state index contributed by atoms with van der Waals surface area (Å²) in [5.74, 6) is 1.87. The van der Waals surface area contributed by atoms with E-state index >= 15 is 0 Å². The molecule has 130 valence electrons. The van der Waals surface area contributed by atoms with E-state index in [-0.39, 0.29) is 6.04 Å². The van der Waals surface area contributed by atoms with Crippen LogP contribution in [0.1, 0.15) is 18.9 Å². The second kappa shape index (κ2) is 8.30. The standard InChI is InChI=1S/C19H21N3O3/c1-14(18-21-22-19(25-18)15-6-4-3-5-7-15)20-16-8-10-17(11-9-16)24-13-12-23-2/h3-11,14,20H,12-13H2,1-2H3/t14-/m0/s1. The largest absolute Gasteiger partial charge is 0.491 e. The van der Waals surface area contributed by atoms with Gasteiger partial charge in [0.1, 0.15) is 18.4 Å². The zero-order valence-electron chi connectivity index (χ0n) is 14.3. The van der Waals surface area contributed by atoms with Crippen LogP contribution in [-0.2, 0) is 4.74 Å². The van der Waals surface area contributed by atoms with Gasteiger partial charge in [-0.15, -0.1) is 10.2 Å². The highest BCUT2D eigenvalue weighted by Crippen LogP contribution is 2.24. The lowest BCUT2D eigenvalue weighted by atomic mass is 10.2. The third-order valence-corrected chi connectivity index (χ3v) is 3.63. The van der Waals surface area contributed by atoms with Crippen LogP contribution in [0.3, 0.4) is 0 Å². The van der Waals surface area contributed by atoms with Crippen molar-refractivity contribution in [2.75, 3.05) is 25.6 Å². The van der Waals surface area contributed by atoms with E-state index in [1.165, 1.54) is 0 Å². The minimum Gasteiger partial charge on any atom is -0.491 e. The van der Waals surface area contributed by atoms with Crippen LogP contribution in [0, 0.1) is 0 Å². The van der Waals surface area contributed by atoms with Crippen LogP contribution in [0.15, 0.2) is 59.0 Å². The van der Waals surface area contributed by atoms with Crippen LogP contribution in [0.2, 0.25) is 0 Å². The molecule has 0 radical (unpaired) electrons. The minimum atomic E-state index is -0.106. The highest BCUT2D eigenvalue weighted by molar-refractivity contribution is 5.52. The zero-order valence-corrected chi connectivity index (χ0v) is 14.3. The Kier molecular flexibility index (Phi) is 5.64. The van der Waals surface area contributed by atoms with Crippen LogP contribution < -0.4 is 10.1 Å². The topological polar surface area (TPSA) is 69.4 Å². The summed E-state index contributed by atoms with van der Waals surface area (Å²) in [5, 5.41) is 11.6. The van der Waals surface area contributed by atoms with Crippen molar-refractivity contribution in [1.82, 2.24) is 10.2 Å². The second-order valence-corrected chi connectivity index (χ2v) is 5.54. The molecular weight excluding hydrogens is 318 g/mol. The molecule has 6 heteroatoms. The number of hydrogen-bond donors (Lipinski definition) is 1. The Balaban J connectivity index is 1.60.